The van der Waals surface area contributed by atoms with E-state index in [1.165, 1.54) is 437 Å². The summed E-state index contributed by atoms with van der Waals surface area (Å²) in [6.07, 6.45) is 96.7. The summed E-state index contributed by atoms with van der Waals surface area (Å²) in [5, 5.41) is 0. The highest BCUT2D eigenvalue weighted by molar-refractivity contribution is 5.04. The Labute approximate surface area is 512 Å². The molecule has 0 radical (unpaired) electrons. The van der Waals surface area contributed by atoms with Gasteiger partial charge in [-0.25, -0.2) is 0 Å². The van der Waals surface area contributed by atoms with Crippen LogP contribution in [-0.4, -0.2) is 36.6 Å². The molecule has 0 aromatic heterocycles. The third kappa shape index (κ3) is 48.6. The number of ether oxygens (including phenoxy) is 3. The maximum atomic E-state index is 8.12. The van der Waals surface area contributed by atoms with Gasteiger partial charge in [0.25, 0.3) is 0 Å². The van der Waals surface area contributed by atoms with Crippen molar-refractivity contribution in [3.63, 3.8) is 0 Å². The third-order valence-corrected chi connectivity index (χ3v) is 20.1. The second-order valence-corrected chi connectivity index (χ2v) is 28.1. The molecule has 2 aliphatic rings. The molecule has 2 saturated heterocycles. The highest BCUT2D eigenvalue weighted by Crippen LogP contribution is 2.48. The van der Waals surface area contributed by atoms with Gasteiger partial charge < -0.3 is 14.2 Å². The molecule has 484 valence electrons. The minimum Gasteiger partial charge on any atom is -0.370 e. The molecule has 0 saturated carbocycles. The Balaban J connectivity index is 1.96. The zero-order valence-electron chi connectivity index (χ0n) is 56.9. The standard InChI is InChI=1S/C78H154O3/c1-5-9-13-17-21-25-29-33-37-41-45-49-53-57-61-65-69-77(75-73-79-75,70-66-62-58-54-50-46-42-38-34-30-26-22-18-14-10-6-2)81-78(76-74-80-76,71-67-63-59-55-51-47-43-39-35-31-27-23-19-15-11-7-3)72-68-64-60-56-52-48-44-40-36-32-28-24-20-16-12-8-4/h75-76H,5-74H2,1-4H3. The van der Waals surface area contributed by atoms with Crippen molar-refractivity contribution in [3.8, 4) is 0 Å². The molecule has 0 aromatic carbocycles. The molecule has 2 aliphatic heterocycles. The first kappa shape index (κ1) is 77.0. The summed E-state index contributed by atoms with van der Waals surface area (Å²) in [5.41, 5.74) is -0.274. The summed E-state index contributed by atoms with van der Waals surface area (Å²) in [5.74, 6) is 0. The predicted octanol–water partition coefficient (Wildman–Crippen LogP) is 27.9. The SMILES string of the molecule is CCCCCCCCCCCCCCCCCCC(CCCCCCCCCCCCCCCCCC)(OC(CCCCCCCCCCCCCCCCCC)(CCCCCCCCCCCCCCCCCC)C1CO1)C1CO1. The van der Waals surface area contributed by atoms with E-state index < -0.39 is 0 Å². The molecule has 2 atom stereocenters. The van der Waals surface area contributed by atoms with Gasteiger partial charge in [0.05, 0.1) is 24.4 Å². The Kier molecular flexibility index (Phi) is 57.2. The number of unbranched alkanes of at least 4 members (excludes halogenated alkanes) is 60. The first-order valence-electron chi connectivity index (χ1n) is 39.1. The molecular weight excluding hydrogens is 985 g/mol. The topological polar surface area (TPSA) is 34.3 Å². The maximum absolute atomic E-state index is 8.12. The number of hydrogen-bond acceptors (Lipinski definition) is 3. The summed E-state index contributed by atoms with van der Waals surface area (Å²) in [6, 6.07) is 0. The first-order chi connectivity index (χ1) is 40.2. The molecule has 0 N–H and O–H groups in total. The highest BCUT2D eigenvalue weighted by atomic mass is 16.6. The fourth-order valence-corrected chi connectivity index (χ4v) is 14.2. The van der Waals surface area contributed by atoms with Crippen LogP contribution in [0.4, 0.5) is 0 Å². The Bertz CT molecular complexity index is 1030. The summed E-state index contributed by atoms with van der Waals surface area (Å²) in [6.45, 7) is 11.1. The largest absolute Gasteiger partial charge is 0.370 e. The van der Waals surface area contributed by atoms with Gasteiger partial charge in [0.15, 0.2) is 0 Å². The van der Waals surface area contributed by atoms with Crippen LogP contribution in [0.2, 0.25) is 0 Å². The molecule has 0 aliphatic carbocycles. The zero-order chi connectivity index (χ0) is 57.8. The summed E-state index contributed by atoms with van der Waals surface area (Å²) >= 11 is 0. The average molecular weight is 1140 g/mol. The van der Waals surface area contributed by atoms with Gasteiger partial charge in [-0.15, -0.1) is 0 Å². The molecule has 2 unspecified atom stereocenters. The van der Waals surface area contributed by atoms with Gasteiger partial charge in [0.1, 0.15) is 12.2 Å². The molecule has 0 aromatic rings. The summed E-state index contributed by atoms with van der Waals surface area (Å²) in [7, 11) is 0. The lowest BCUT2D eigenvalue weighted by atomic mass is 9.81. The Hall–Kier alpha value is -0.120. The minimum absolute atomic E-state index is 0.137. The molecular formula is C78H154O3. The van der Waals surface area contributed by atoms with E-state index in [0.717, 1.165) is 13.2 Å². The maximum Gasteiger partial charge on any atom is 0.110 e. The number of hydrogen-bond donors (Lipinski definition) is 0. The van der Waals surface area contributed by atoms with Crippen molar-refractivity contribution in [2.45, 2.75) is 488 Å². The van der Waals surface area contributed by atoms with Gasteiger partial charge >= 0.3 is 0 Å². The van der Waals surface area contributed by atoms with Crippen molar-refractivity contribution >= 4 is 0 Å². The smallest absolute Gasteiger partial charge is 0.110 e. The molecule has 2 fully saturated rings. The summed E-state index contributed by atoms with van der Waals surface area (Å²) < 4.78 is 21.1. The second-order valence-electron chi connectivity index (χ2n) is 28.1. The first-order valence-corrected chi connectivity index (χ1v) is 39.1. The van der Waals surface area contributed by atoms with Crippen LogP contribution in [0.15, 0.2) is 0 Å². The Morgan fingerprint density at radius 3 is 0.420 bits per heavy atom. The molecule has 3 nitrogen and oxygen atoms in total. The molecule has 2 rings (SSSR count). The van der Waals surface area contributed by atoms with Gasteiger partial charge in [-0.05, 0) is 25.7 Å². The highest BCUT2D eigenvalue weighted by Gasteiger charge is 2.56. The number of rotatable bonds is 72. The fraction of sp³-hybridized carbons (Fsp3) is 1.00. The van der Waals surface area contributed by atoms with E-state index in [9.17, 15) is 0 Å². The van der Waals surface area contributed by atoms with E-state index in [4.69, 9.17) is 14.2 Å². The van der Waals surface area contributed by atoms with Crippen molar-refractivity contribution in [1.82, 2.24) is 0 Å². The monoisotopic (exact) mass is 1140 g/mol. The van der Waals surface area contributed by atoms with Crippen LogP contribution in [0.3, 0.4) is 0 Å². The van der Waals surface area contributed by atoms with Crippen molar-refractivity contribution < 1.29 is 14.2 Å². The molecule has 0 amide bonds. The van der Waals surface area contributed by atoms with Crippen molar-refractivity contribution in [3.05, 3.63) is 0 Å². The lowest BCUT2D eigenvalue weighted by Crippen LogP contribution is -2.51. The zero-order valence-corrected chi connectivity index (χ0v) is 56.9. The number of epoxide rings is 2. The minimum atomic E-state index is -0.137. The van der Waals surface area contributed by atoms with E-state index in [0.29, 0.717) is 12.2 Å². The normalized spacial score (nSPS) is 15.4. The van der Waals surface area contributed by atoms with Crippen LogP contribution in [0.5, 0.6) is 0 Å². The molecule has 2 heterocycles. The van der Waals surface area contributed by atoms with E-state index in [1.807, 2.05) is 0 Å². The fourth-order valence-electron chi connectivity index (χ4n) is 14.2. The van der Waals surface area contributed by atoms with Gasteiger partial charge in [-0.2, -0.15) is 0 Å². The van der Waals surface area contributed by atoms with E-state index in [2.05, 4.69) is 27.7 Å². The van der Waals surface area contributed by atoms with Crippen molar-refractivity contribution in [2.24, 2.45) is 0 Å². The van der Waals surface area contributed by atoms with E-state index in [1.54, 1.807) is 0 Å². The van der Waals surface area contributed by atoms with Crippen LogP contribution in [0.1, 0.15) is 464 Å². The van der Waals surface area contributed by atoms with Gasteiger partial charge in [-0.1, -0.05) is 439 Å². The van der Waals surface area contributed by atoms with Gasteiger partial charge in [-0.3, -0.25) is 0 Å². The van der Waals surface area contributed by atoms with E-state index >= 15 is 0 Å². The van der Waals surface area contributed by atoms with Crippen LogP contribution < -0.4 is 0 Å². The van der Waals surface area contributed by atoms with Crippen molar-refractivity contribution in [2.75, 3.05) is 13.2 Å². The molecule has 0 bridgehead atoms. The lowest BCUT2D eigenvalue weighted by molar-refractivity contribution is -0.192. The quantitative estimate of drug-likeness (QED) is 0.0450. The summed E-state index contributed by atoms with van der Waals surface area (Å²) in [4.78, 5) is 0. The van der Waals surface area contributed by atoms with Gasteiger partial charge in [0, 0.05) is 0 Å². The van der Waals surface area contributed by atoms with Crippen LogP contribution in [-0.2, 0) is 14.2 Å². The van der Waals surface area contributed by atoms with Crippen LogP contribution >= 0.6 is 0 Å². The van der Waals surface area contributed by atoms with Crippen LogP contribution in [0.25, 0.3) is 0 Å². The molecule has 0 spiro atoms. The Morgan fingerprint density at radius 1 is 0.198 bits per heavy atom. The van der Waals surface area contributed by atoms with Crippen molar-refractivity contribution in [1.29, 1.82) is 0 Å². The van der Waals surface area contributed by atoms with Gasteiger partial charge in [0.2, 0.25) is 0 Å². The van der Waals surface area contributed by atoms with E-state index in [-0.39, 0.29) is 11.2 Å². The lowest BCUT2D eigenvalue weighted by Gasteiger charge is -2.44. The third-order valence-electron chi connectivity index (χ3n) is 20.1. The predicted molar refractivity (Wildman–Crippen MR) is 363 cm³/mol. The molecule has 81 heavy (non-hydrogen) atoms. The van der Waals surface area contributed by atoms with Crippen LogP contribution in [0, 0.1) is 0 Å². The average Bonchev–Trinajstić information content (AvgIpc) is 4.59. The molecule has 3 heteroatoms. The second kappa shape index (κ2) is 60.2. The Morgan fingerprint density at radius 2 is 0.309 bits per heavy atom.